The molecule has 0 fully saturated rings. The van der Waals surface area contributed by atoms with Gasteiger partial charge in [-0.2, -0.15) is 15.3 Å². The molecular weight excluding hydrogens is 1540 g/mol. The molecule has 18 aromatic rings. The standard InChI is InChI=1S/C28H20F3N7O2.C27H20F2N8O2.C25H18F2N8O2S/c1-14(24-22(15-4-3-5-17(29)10-15)28(39)37-12-18(30)7-9-21(37)35-24)38-27-23(26(32)33-13-34-27)25(36-38)16-6-8-20(40-2)19(31)11-16;1-14(37-26-22(25(30)32-13-33-26)24(35-37)16-6-9-20(39-2)31-11-16)23-21(15-4-3-5-17(28)10-15)27(38)36-12-18(29)7-8-19(36)34-23;1-12(35-23-19(22(28)30-11-31-23)21(33-35)16-9-29-25(37-2)38-16)20-18(13-4-3-5-14(26)8-13)24(36)34-10-15(27)6-7-17(34)32-20/h3-14H,1-2H3,(H2,32,33,34);3-14H,1-2H3,(H2,30,32,33);3-12H,1-2H3,(H2,28,30,31). The van der Waals surface area contributed by atoms with Gasteiger partial charge in [0.1, 0.15) is 105 Å². The van der Waals surface area contributed by atoms with Gasteiger partial charge in [-0.15, -0.1) is 0 Å². The summed E-state index contributed by atoms with van der Waals surface area (Å²) in [6, 6.07) is 30.1. The van der Waals surface area contributed by atoms with Gasteiger partial charge in [-0.05, 0) is 135 Å². The number of ether oxygens (including phenoxy) is 3. The van der Waals surface area contributed by atoms with Gasteiger partial charge in [0.2, 0.25) is 5.88 Å². The highest BCUT2D eigenvalue weighted by Gasteiger charge is 2.32. The largest absolute Gasteiger partial charge is 0.494 e. The van der Waals surface area contributed by atoms with Crippen LogP contribution in [0.15, 0.2) is 204 Å². The highest BCUT2D eigenvalue weighted by molar-refractivity contribution is 7.16. The number of fused-ring (bicyclic) bond motifs is 6. The molecule has 0 amide bonds. The van der Waals surface area contributed by atoms with Crippen molar-refractivity contribution in [3.8, 4) is 83.3 Å². The first-order valence-corrected chi connectivity index (χ1v) is 36.0. The molecule has 0 radical (unpaired) electrons. The molecule has 0 bridgehead atoms. The number of rotatable bonds is 15. The molecule has 6 N–H and O–H groups in total. The molecule has 18 rings (SSSR count). The minimum Gasteiger partial charge on any atom is -0.494 e. The maximum Gasteiger partial charge on any atom is 0.273 e. The minimum absolute atomic E-state index is 0.0535. The summed E-state index contributed by atoms with van der Waals surface area (Å²) in [6.45, 7) is 5.30. The number of hydrogen-bond donors (Lipinski definition) is 3. The lowest BCUT2D eigenvalue weighted by atomic mass is 10.0. The van der Waals surface area contributed by atoms with Crippen LogP contribution in [0.3, 0.4) is 0 Å². The average Bonchev–Trinajstić information content (AvgIpc) is 1.76. The normalized spacial score (nSPS) is 12.2. The highest BCUT2D eigenvalue weighted by Crippen LogP contribution is 2.41. The summed E-state index contributed by atoms with van der Waals surface area (Å²) in [5.41, 5.74) is 22.9. The van der Waals surface area contributed by atoms with Crippen LogP contribution in [-0.4, -0.2) is 119 Å². The molecule has 3 atom stereocenters. The summed E-state index contributed by atoms with van der Waals surface area (Å²) >= 11 is 1.27. The Labute approximate surface area is 657 Å². The van der Waals surface area contributed by atoms with Crippen molar-refractivity contribution in [2.45, 2.75) is 38.9 Å². The Hall–Kier alpha value is -15.3. The minimum atomic E-state index is -0.769. The third-order valence-corrected chi connectivity index (χ3v) is 20.1. The molecule has 3 unspecified atom stereocenters. The van der Waals surface area contributed by atoms with Gasteiger partial charge in [0.15, 0.2) is 28.5 Å². The lowest BCUT2D eigenvalue weighted by Gasteiger charge is -2.18. The second kappa shape index (κ2) is 30.7. The van der Waals surface area contributed by atoms with Crippen molar-refractivity contribution in [2.75, 3.05) is 38.5 Å². The second-order valence-electron chi connectivity index (χ2n) is 26.2. The number of anilines is 3. The molecule has 0 saturated heterocycles. The van der Waals surface area contributed by atoms with E-state index in [-0.39, 0.29) is 79.3 Å². The van der Waals surface area contributed by atoms with Gasteiger partial charge >= 0.3 is 0 Å². The van der Waals surface area contributed by atoms with Gasteiger partial charge in [-0.25, -0.2) is 99.6 Å². The van der Waals surface area contributed by atoms with Crippen molar-refractivity contribution in [1.29, 1.82) is 0 Å². The summed E-state index contributed by atoms with van der Waals surface area (Å²) in [6.07, 6.45) is 10.2. The van der Waals surface area contributed by atoms with Crippen LogP contribution in [-0.2, 0) is 0 Å². The Balaban J connectivity index is 0.000000131. The van der Waals surface area contributed by atoms with E-state index in [2.05, 4.69) is 44.9 Å². The van der Waals surface area contributed by atoms with E-state index < -0.39 is 75.5 Å². The van der Waals surface area contributed by atoms with Crippen molar-refractivity contribution in [1.82, 2.24) is 97.4 Å². The van der Waals surface area contributed by atoms with Gasteiger partial charge in [0.05, 0.1) is 100 Å². The first kappa shape index (κ1) is 75.7. The molecule has 0 aliphatic heterocycles. The van der Waals surface area contributed by atoms with E-state index in [9.17, 15) is 45.1 Å². The molecule has 4 aromatic carbocycles. The third-order valence-electron chi connectivity index (χ3n) is 19.2. The zero-order valence-electron chi connectivity index (χ0n) is 61.8. The van der Waals surface area contributed by atoms with E-state index in [0.29, 0.717) is 88.5 Å². The third kappa shape index (κ3) is 13.9. The fourth-order valence-electron chi connectivity index (χ4n) is 13.7. The monoisotopic (exact) mass is 1600 g/mol. The van der Waals surface area contributed by atoms with Crippen molar-refractivity contribution in [3.63, 3.8) is 0 Å². The van der Waals surface area contributed by atoms with Crippen LogP contribution in [0.4, 0.5) is 48.2 Å². The number of nitrogens with zero attached hydrogens (tertiary/aromatic N) is 20. The van der Waals surface area contributed by atoms with E-state index in [1.54, 1.807) is 78.9 Å². The zero-order chi connectivity index (χ0) is 81.9. The van der Waals surface area contributed by atoms with E-state index >= 15 is 0 Å². The predicted octanol–water partition coefficient (Wildman–Crippen LogP) is 12.9. The Kier molecular flexibility index (Phi) is 19.8. The fourth-order valence-corrected chi connectivity index (χ4v) is 14.4. The van der Waals surface area contributed by atoms with E-state index in [0.717, 1.165) is 31.8 Å². The Morgan fingerprint density at radius 1 is 0.385 bits per heavy atom. The van der Waals surface area contributed by atoms with E-state index in [4.69, 9.17) is 56.7 Å². The quantitative estimate of drug-likeness (QED) is 0.0802. The maximum absolute atomic E-state index is 14.6. The Morgan fingerprint density at radius 2 is 0.778 bits per heavy atom. The number of benzene rings is 4. The van der Waals surface area contributed by atoms with E-state index in [1.807, 2.05) is 0 Å². The molecule has 0 aliphatic rings. The number of hydrogen-bond acceptors (Lipinski definition) is 24. The molecule has 14 heterocycles. The van der Waals surface area contributed by atoms with Crippen molar-refractivity contribution in [3.05, 3.63) is 278 Å². The SMILES string of the molecule is COc1ccc(-c2nn(C(C)c3nc4ccc(F)cn4c(=O)c3-c3cccc(F)c3)c3ncnc(N)c23)cc1F.COc1ccc(-c2nn(C(C)c3nc4ccc(F)cn4c(=O)c3-c3cccc(F)c3)c3ncnc(N)c23)cn1.COc1ncc(-c2nn(C(C)c3nc4ccc(F)cn4c(=O)c3-c3cccc(F)c3)c3ncnc(N)c23)s1. The fraction of sp³-hybridized carbons (Fsp3) is 0.113. The molecule has 0 aliphatic carbocycles. The van der Waals surface area contributed by atoms with Crippen LogP contribution in [0.25, 0.3) is 117 Å². The summed E-state index contributed by atoms with van der Waals surface area (Å²) in [7, 11) is 4.39. The molecule has 584 valence electrons. The number of thiazole rings is 1. The lowest BCUT2D eigenvalue weighted by molar-refractivity contribution is 0.386. The lowest BCUT2D eigenvalue weighted by Crippen LogP contribution is -2.23. The van der Waals surface area contributed by atoms with Crippen LogP contribution in [0, 0.1) is 40.7 Å². The summed E-state index contributed by atoms with van der Waals surface area (Å²) in [5.74, 6) is -3.07. The van der Waals surface area contributed by atoms with Crippen LogP contribution < -0.4 is 48.1 Å². The highest BCUT2D eigenvalue weighted by atomic mass is 32.1. The van der Waals surface area contributed by atoms with Crippen molar-refractivity contribution >= 4 is 78.8 Å². The number of aromatic nitrogens is 20. The average molecular weight is 1600 g/mol. The molecule has 0 saturated carbocycles. The van der Waals surface area contributed by atoms with Gasteiger partial charge in [0.25, 0.3) is 21.9 Å². The zero-order valence-corrected chi connectivity index (χ0v) is 62.6. The summed E-state index contributed by atoms with van der Waals surface area (Å²) < 4.78 is 123. The Bertz CT molecular complexity index is 7200. The summed E-state index contributed by atoms with van der Waals surface area (Å²) in [4.78, 5) is 89.8. The second-order valence-corrected chi connectivity index (χ2v) is 27.2. The predicted molar refractivity (Wildman–Crippen MR) is 420 cm³/mol. The van der Waals surface area contributed by atoms with Crippen molar-refractivity contribution in [2.24, 2.45) is 0 Å². The molecule has 37 heteroatoms. The molecule has 29 nitrogen and oxygen atoms in total. The number of methoxy groups -OCH3 is 3. The first-order chi connectivity index (χ1) is 56.5. The molecule has 0 spiro atoms. The van der Waals surface area contributed by atoms with Gasteiger partial charge in [-0.1, -0.05) is 47.7 Å². The molecule has 14 aromatic heterocycles. The number of nitrogens with two attached hydrogens (primary N) is 3. The Morgan fingerprint density at radius 3 is 1.14 bits per heavy atom. The smallest absolute Gasteiger partial charge is 0.273 e. The van der Waals surface area contributed by atoms with Crippen molar-refractivity contribution < 1.29 is 44.9 Å². The maximum atomic E-state index is 14.6. The van der Waals surface area contributed by atoms with Gasteiger partial charge in [0, 0.05) is 42.0 Å². The first-order valence-electron chi connectivity index (χ1n) is 35.2. The number of pyridine rings is 4. The molecular formula is C80H58F7N23O6S. The number of halogens is 7. The van der Waals surface area contributed by atoms with Crippen LogP contribution >= 0.6 is 11.3 Å². The van der Waals surface area contributed by atoms with Gasteiger partial charge < -0.3 is 31.4 Å². The van der Waals surface area contributed by atoms with Crippen LogP contribution in [0.5, 0.6) is 16.8 Å². The van der Waals surface area contributed by atoms with Gasteiger partial charge in [-0.3, -0.25) is 27.6 Å². The topological polar surface area (TPSA) is 365 Å². The summed E-state index contributed by atoms with van der Waals surface area (Å²) in [5, 5.41) is 16.1. The van der Waals surface area contributed by atoms with Crippen LogP contribution in [0.1, 0.15) is 56.0 Å². The van der Waals surface area contributed by atoms with Crippen LogP contribution in [0.2, 0.25) is 0 Å². The van der Waals surface area contributed by atoms with E-state index in [1.165, 1.54) is 159 Å². The number of nitrogen functional groups attached to an aromatic ring is 3. The molecule has 117 heavy (non-hydrogen) atoms.